The van der Waals surface area contributed by atoms with Gasteiger partial charge in [0.25, 0.3) is 0 Å². The largest absolute Gasteiger partial charge is 0.392 e. The van der Waals surface area contributed by atoms with Crippen molar-refractivity contribution in [2.24, 2.45) is 0 Å². The monoisotopic (exact) mass is 242 g/mol. The van der Waals surface area contributed by atoms with Gasteiger partial charge < -0.3 is 10.4 Å². The normalized spacial score (nSPS) is 26.1. The number of hydrogen-bond donors (Lipinski definition) is 2. The van der Waals surface area contributed by atoms with Crippen LogP contribution in [0.3, 0.4) is 0 Å². The van der Waals surface area contributed by atoms with Gasteiger partial charge in [0.05, 0.1) is 6.10 Å². The van der Waals surface area contributed by atoms with Crippen molar-refractivity contribution in [1.29, 1.82) is 0 Å². The summed E-state index contributed by atoms with van der Waals surface area (Å²) in [6, 6.07) is 1.51. The zero-order chi connectivity index (χ0) is 12.8. The van der Waals surface area contributed by atoms with Crippen molar-refractivity contribution < 1.29 is 5.11 Å². The van der Waals surface area contributed by atoms with E-state index in [9.17, 15) is 5.11 Å². The minimum atomic E-state index is -0.129. The highest BCUT2D eigenvalue weighted by Gasteiger charge is 2.22. The van der Waals surface area contributed by atoms with Gasteiger partial charge in [-0.2, -0.15) is 0 Å². The first-order chi connectivity index (χ1) is 8.02. The SMILES string of the molecule is CC(C)N(CCNC1CCCCC1O)C(C)C. The van der Waals surface area contributed by atoms with Gasteiger partial charge in [0.1, 0.15) is 0 Å². The Morgan fingerprint density at radius 3 is 2.24 bits per heavy atom. The lowest BCUT2D eigenvalue weighted by molar-refractivity contribution is 0.0867. The molecule has 17 heavy (non-hydrogen) atoms. The molecule has 0 spiro atoms. The van der Waals surface area contributed by atoms with Crippen molar-refractivity contribution in [1.82, 2.24) is 10.2 Å². The van der Waals surface area contributed by atoms with E-state index in [0.717, 1.165) is 25.9 Å². The molecule has 0 amide bonds. The Labute approximate surface area is 107 Å². The van der Waals surface area contributed by atoms with Crippen LogP contribution in [0.25, 0.3) is 0 Å². The summed E-state index contributed by atoms with van der Waals surface area (Å²) in [6.07, 6.45) is 4.41. The average Bonchev–Trinajstić information content (AvgIpc) is 2.25. The Bertz CT molecular complexity index is 198. The van der Waals surface area contributed by atoms with Crippen LogP contribution < -0.4 is 5.32 Å². The van der Waals surface area contributed by atoms with Crippen molar-refractivity contribution in [3.63, 3.8) is 0 Å². The van der Waals surface area contributed by atoms with E-state index in [1.807, 2.05) is 0 Å². The molecule has 102 valence electrons. The third-order valence-electron chi connectivity index (χ3n) is 3.83. The first-order valence-corrected chi connectivity index (χ1v) is 7.19. The van der Waals surface area contributed by atoms with Crippen molar-refractivity contribution in [3.8, 4) is 0 Å². The van der Waals surface area contributed by atoms with Crippen LogP contribution in [0.4, 0.5) is 0 Å². The van der Waals surface area contributed by atoms with Crippen LogP contribution in [0, 0.1) is 0 Å². The fourth-order valence-electron chi connectivity index (χ4n) is 2.84. The molecule has 3 heteroatoms. The molecule has 1 aliphatic rings. The summed E-state index contributed by atoms with van der Waals surface area (Å²) in [5.74, 6) is 0. The molecule has 0 aromatic carbocycles. The maximum atomic E-state index is 9.88. The molecule has 2 unspecified atom stereocenters. The summed E-state index contributed by atoms with van der Waals surface area (Å²) >= 11 is 0. The van der Waals surface area contributed by atoms with Gasteiger partial charge in [-0.3, -0.25) is 4.90 Å². The zero-order valence-electron chi connectivity index (χ0n) is 11.9. The summed E-state index contributed by atoms with van der Waals surface area (Å²) in [6.45, 7) is 11.0. The molecule has 0 aromatic rings. The van der Waals surface area contributed by atoms with Crippen LogP contribution >= 0.6 is 0 Å². The van der Waals surface area contributed by atoms with E-state index in [1.54, 1.807) is 0 Å². The van der Waals surface area contributed by atoms with E-state index in [1.165, 1.54) is 12.8 Å². The lowest BCUT2D eigenvalue weighted by Gasteiger charge is -2.33. The van der Waals surface area contributed by atoms with Gasteiger partial charge >= 0.3 is 0 Å². The van der Waals surface area contributed by atoms with Gasteiger partial charge in [0.2, 0.25) is 0 Å². The highest BCUT2D eigenvalue weighted by atomic mass is 16.3. The fourth-order valence-corrected chi connectivity index (χ4v) is 2.84. The highest BCUT2D eigenvalue weighted by Crippen LogP contribution is 2.18. The molecule has 2 atom stereocenters. The maximum Gasteiger partial charge on any atom is 0.0693 e. The number of rotatable bonds is 6. The average molecular weight is 242 g/mol. The first kappa shape index (κ1) is 14.9. The number of nitrogens with one attached hydrogen (secondary N) is 1. The quantitative estimate of drug-likeness (QED) is 0.748. The Balaban J connectivity index is 2.25. The van der Waals surface area contributed by atoms with Crippen molar-refractivity contribution >= 4 is 0 Å². The number of aliphatic hydroxyl groups is 1. The molecule has 1 rings (SSSR count). The molecule has 2 N–H and O–H groups in total. The van der Waals surface area contributed by atoms with Gasteiger partial charge in [-0.05, 0) is 40.5 Å². The van der Waals surface area contributed by atoms with Gasteiger partial charge in [-0.15, -0.1) is 0 Å². The topological polar surface area (TPSA) is 35.5 Å². The maximum absolute atomic E-state index is 9.88. The van der Waals surface area contributed by atoms with Crippen LogP contribution in [0.1, 0.15) is 53.4 Å². The molecule has 1 fully saturated rings. The predicted octanol–water partition coefficient (Wildman–Crippen LogP) is 2.00. The number of nitrogens with zero attached hydrogens (tertiary/aromatic N) is 1. The summed E-state index contributed by atoms with van der Waals surface area (Å²) in [5, 5.41) is 13.4. The Morgan fingerprint density at radius 1 is 1.12 bits per heavy atom. The molecule has 0 bridgehead atoms. The summed E-state index contributed by atoms with van der Waals surface area (Å²) in [4.78, 5) is 2.49. The van der Waals surface area contributed by atoms with E-state index in [2.05, 4.69) is 37.9 Å². The van der Waals surface area contributed by atoms with E-state index in [4.69, 9.17) is 0 Å². The van der Waals surface area contributed by atoms with Crippen LogP contribution in [0.15, 0.2) is 0 Å². The molecular formula is C14H30N2O. The van der Waals surface area contributed by atoms with Gasteiger partial charge in [-0.25, -0.2) is 0 Å². The molecule has 0 heterocycles. The lowest BCUT2D eigenvalue weighted by atomic mass is 9.92. The lowest BCUT2D eigenvalue weighted by Crippen LogP contribution is -2.47. The minimum Gasteiger partial charge on any atom is -0.392 e. The zero-order valence-corrected chi connectivity index (χ0v) is 11.9. The van der Waals surface area contributed by atoms with Crippen LogP contribution in [-0.2, 0) is 0 Å². The predicted molar refractivity (Wildman–Crippen MR) is 73.2 cm³/mol. The number of aliphatic hydroxyl groups excluding tert-OH is 1. The van der Waals surface area contributed by atoms with Gasteiger partial charge in [-0.1, -0.05) is 12.8 Å². The van der Waals surface area contributed by atoms with Crippen LogP contribution in [0.2, 0.25) is 0 Å². The molecule has 0 aliphatic heterocycles. The third kappa shape index (κ3) is 4.94. The molecule has 3 nitrogen and oxygen atoms in total. The first-order valence-electron chi connectivity index (χ1n) is 7.19. The van der Waals surface area contributed by atoms with Crippen molar-refractivity contribution in [2.75, 3.05) is 13.1 Å². The Kier molecular flexibility index (Phi) is 6.45. The van der Waals surface area contributed by atoms with Crippen molar-refractivity contribution in [3.05, 3.63) is 0 Å². The smallest absolute Gasteiger partial charge is 0.0693 e. The molecule has 1 saturated carbocycles. The van der Waals surface area contributed by atoms with Crippen LogP contribution in [0.5, 0.6) is 0 Å². The highest BCUT2D eigenvalue weighted by molar-refractivity contribution is 4.81. The molecule has 0 aromatic heterocycles. The number of hydrogen-bond acceptors (Lipinski definition) is 3. The summed E-state index contributed by atoms with van der Waals surface area (Å²) in [5.41, 5.74) is 0. The second kappa shape index (κ2) is 7.34. The minimum absolute atomic E-state index is 0.129. The molecule has 1 aliphatic carbocycles. The van der Waals surface area contributed by atoms with Gasteiger partial charge in [0, 0.05) is 31.2 Å². The second-order valence-corrected chi connectivity index (χ2v) is 5.84. The Hall–Kier alpha value is -0.120. The summed E-state index contributed by atoms with van der Waals surface area (Å²) < 4.78 is 0. The molecule has 0 saturated heterocycles. The summed E-state index contributed by atoms with van der Waals surface area (Å²) in [7, 11) is 0. The van der Waals surface area contributed by atoms with E-state index in [0.29, 0.717) is 18.1 Å². The van der Waals surface area contributed by atoms with Crippen molar-refractivity contribution in [2.45, 2.75) is 77.6 Å². The van der Waals surface area contributed by atoms with Gasteiger partial charge in [0.15, 0.2) is 0 Å². The van der Waals surface area contributed by atoms with Crippen LogP contribution in [-0.4, -0.2) is 47.3 Å². The van der Waals surface area contributed by atoms with E-state index >= 15 is 0 Å². The molecule has 0 radical (unpaired) electrons. The molecular weight excluding hydrogens is 212 g/mol. The Morgan fingerprint density at radius 2 is 1.71 bits per heavy atom. The third-order valence-corrected chi connectivity index (χ3v) is 3.83. The second-order valence-electron chi connectivity index (χ2n) is 5.84. The fraction of sp³-hybridized carbons (Fsp3) is 1.00. The van der Waals surface area contributed by atoms with E-state index in [-0.39, 0.29) is 6.10 Å². The standard InChI is InChI=1S/C14H30N2O/c1-11(2)16(12(3)4)10-9-15-13-7-5-6-8-14(13)17/h11-15,17H,5-10H2,1-4H3. The van der Waals surface area contributed by atoms with E-state index < -0.39 is 0 Å².